The number of nitrogens with one attached hydrogen (secondary N) is 1. The molecule has 1 N–H and O–H groups in total. The third-order valence-corrected chi connectivity index (χ3v) is 3.13. The summed E-state index contributed by atoms with van der Waals surface area (Å²) in [7, 11) is 3.99. The Morgan fingerprint density at radius 3 is 2.50 bits per heavy atom. The van der Waals surface area contributed by atoms with E-state index in [9.17, 15) is 9.59 Å². The number of alkyl halides is 1. The van der Waals surface area contributed by atoms with Crippen LogP contribution in [0.4, 0.5) is 4.79 Å². The van der Waals surface area contributed by atoms with Gasteiger partial charge in [0.2, 0.25) is 5.91 Å². The molecule has 0 radical (unpaired) electrons. The summed E-state index contributed by atoms with van der Waals surface area (Å²) in [5.41, 5.74) is 0. The van der Waals surface area contributed by atoms with Crippen LogP contribution in [0.15, 0.2) is 0 Å². The van der Waals surface area contributed by atoms with E-state index in [1.165, 1.54) is 0 Å². The van der Waals surface area contributed by atoms with Crippen molar-refractivity contribution in [2.45, 2.75) is 13.0 Å². The van der Waals surface area contributed by atoms with Gasteiger partial charge in [-0.1, -0.05) is 6.92 Å². The van der Waals surface area contributed by atoms with Crippen LogP contribution in [-0.4, -0.2) is 60.8 Å². The maximum Gasteiger partial charge on any atom is 0.324 e. The summed E-state index contributed by atoms with van der Waals surface area (Å²) < 4.78 is 0. The topological polar surface area (TPSA) is 52.7 Å². The molecule has 0 aromatic heterocycles. The molecule has 0 aromatic rings. The largest absolute Gasteiger partial charge is 0.324 e. The van der Waals surface area contributed by atoms with E-state index in [1.54, 1.807) is 4.90 Å². The number of hydrogen-bond acceptors (Lipinski definition) is 3. The van der Waals surface area contributed by atoms with Crippen LogP contribution in [0.1, 0.15) is 6.92 Å². The third kappa shape index (κ3) is 3.09. The molecule has 3 amide bonds. The Balaban J connectivity index is 2.51. The first-order chi connectivity index (χ1) is 7.45. The molecular formula is C10H18ClN3O2. The van der Waals surface area contributed by atoms with Crippen molar-refractivity contribution in [2.24, 2.45) is 5.92 Å². The molecule has 1 saturated heterocycles. The first kappa shape index (κ1) is 13.3. The van der Waals surface area contributed by atoms with Gasteiger partial charge in [0.05, 0.1) is 0 Å². The van der Waals surface area contributed by atoms with E-state index in [1.807, 2.05) is 14.1 Å². The van der Waals surface area contributed by atoms with E-state index in [0.29, 0.717) is 25.0 Å². The molecule has 1 aliphatic heterocycles. The summed E-state index contributed by atoms with van der Waals surface area (Å²) in [4.78, 5) is 26.4. The lowest BCUT2D eigenvalue weighted by molar-refractivity contribution is -0.117. The van der Waals surface area contributed by atoms with E-state index in [4.69, 9.17) is 11.6 Å². The predicted molar refractivity (Wildman–Crippen MR) is 62.5 cm³/mol. The Hall–Kier alpha value is -0.810. The van der Waals surface area contributed by atoms with Gasteiger partial charge in [-0.25, -0.2) is 4.79 Å². The lowest BCUT2D eigenvalue weighted by Gasteiger charge is -2.22. The van der Waals surface area contributed by atoms with Gasteiger partial charge in [0.25, 0.3) is 0 Å². The summed E-state index contributed by atoms with van der Waals surface area (Å²) in [5, 5.41) is 2.25. The fraction of sp³-hybridized carbons (Fsp3) is 0.800. The van der Waals surface area contributed by atoms with Crippen LogP contribution in [-0.2, 0) is 4.79 Å². The van der Waals surface area contributed by atoms with Crippen LogP contribution in [0.5, 0.6) is 0 Å². The smallest absolute Gasteiger partial charge is 0.323 e. The SMILES string of the molecule is CC1CN(C(=O)NC(=O)CCl)CC1N(C)C. The molecule has 1 heterocycles. The van der Waals surface area contributed by atoms with Gasteiger partial charge in [0.15, 0.2) is 0 Å². The fourth-order valence-corrected chi connectivity index (χ4v) is 2.09. The molecule has 16 heavy (non-hydrogen) atoms. The van der Waals surface area contributed by atoms with Gasteiger partial charge in [0.1, 0.15) is 5.88 Å². The number of carbonyl (C=O) groups is 2. The van der Waals surface area contributed by atoms with Gasteiger partial charge in [-0.2, -0.15) is 0 Å². The van der Waals surface area contributed by atoms with Crippen LogP contribution in [0.25, 0.3) is 0 Å². The molecular weight excluding hydrogens is 230 g/mol. The van der Waals surface area contributed by atoms with Crippen molar-refractivity contribution >= 4 is 23.5 Å². The number of imide groups is 1. The highest BCUT2D eigenvalue weighted by atomic mass is 35.5. The molecule has 0 aromatic carbocycles. The van der Waals surface area contributed by atoms with Crippen LogP contribution in [0, 0.1) is 5.92 Å². The van der Waals surface area contributed by atoms with Crippen molar-refractivity contribution in [3.05, 3.63) is 0 Å². The molecule has 5 nitrogen and oxygen atoms in total. The zero-order valence-corrected chi connectivity index (χ0v) is 10.6. The summed E-state index contributed by atoms with van der Waals surface area (Å²) in [6.07, 6.45) is 0. The van der Waals surface area contributed by atoms with Crippen LogP contribution < -0.4 is 5.32 Å². The number of rotatable bonds is 2. The molecule has 1 aliphatic rings. The quantitative estimate of drug-likeness (QED) is 0.717. The van der Waals surface area contributed by atoms with Crippen LogP contribution in [0.2, 0.25) is 0 Å². The van der Waals surface area contributed by atoms with Crippen molar-refractivity contribution in [3.8, 4) is 0 Å². The average Bonchev–Trinajstić information content (AvgIpc) is 2.60. The number of carbonyl (C=O) groups excluding carboxylic acids is 2. The highest BCUT2D eigenvalue weighted by Crippen LogP contribution is 2.19. The second-order valence-electron chi connectivity index (χ2n) is 4.40. The molecule has 1 fully saturated rings. The minimum absolute atomic E-state index is 0.188. The Morgan fingerprint density at radius 1 is 1.44 bits per heavy atom. The first-order valence-electron chi connectivity index (χ1n) is 5.26. The third-order valence-electron chi connectivity index (χ3n) is 2.89. The van der Waals surface area contributed by atoms with Gasteiger partial charge in [-0.3, -0.25) is 10.1 Å². The van der Waals surface area contributed by atoms with Gasteiger partial charge >= 0.3 is 6.03 Å². The van der Waals surface area contributed by atoms with E-state index in [-0.39, 0.29) is 11.9 Å². The van der Waals surface area contributed by atoms with Crippen molar-refractivity contribution in [1.29, 1.82) is 0 Å². The lowest BCUT2D eigenvalue weighted by atomic mass is 10.1. The number of likely N-dealkylation sites (tertiary alicyclic amines) is 1. The molecule has 92 valence electrons. The maximum atomic E-state index is 11.6. The Morgan fingerprint density at radius 2 is 2.06 bits per heavy atom. The monoisotopic (exact) mass is 247 g/mol. The van der Waals surface area contributed by atoms with Gasteiger partial charge in [-0.05, 0) is 20.0 Å². The second kappa shape index (κ2) is 5.50. The molecule has 1 rings (SSSR count). The van der Waals surface area contributed by atoms with Gasteiger partial charge in [0, 0.05) is 19.1 Å². The number of hydrogen-bond donors (Lipinski definition) is 1. The highest BCUT2D eigenvalue weighted by molar-refractivity contribution is 6.28. The van der Waals surface area contributed by atoms with Crippen molar-refractivity contribution in [1.82, 2.24) is 15.1 Å². The number of amides is 3. The summed E-state index contributed by atoms with van der Waals surface area (Å²) >= 11 is 5.32. The van der Waals surface area contributed by atoms with E-state index in [0.717, 1.165) is 0 Å². The Kier molecular flexibility index (Phi) is 4.56. The summed E-state index contributed by atoms with van der Waals surface area (Å²) in [6, 6.07) is -0.00120. The number of nitrogens with zero attached hydrogens (tertiary/aromatic N) is 2. The Labute approximate surface area is 101 Å². The number of likely N-dealkylation sites (N-methyl/N-ethyl adjacent to an activating group) is 1. The minimum atomic E-state index is -0.451. The molecule has 2 atom stereocenters. The normalized spacial score (nSPS) is 24.9. The standard InChI is InChI=1S/C10H18ClN3O2/c1-7-5-14(6-8(7)13(2)3)10(16)12-9(15)4-11/h7-8H,4-6H2,1-3H3,(H,12,15,16). The lowest BCUT2D eigenvalue weighted by Crippen LogP contribution is -2.43. The van der Waals surface area contributed by atoms with E-state index in [2.05, 4.69) is 17.1 Å². The average molecular weight is 248 g/mol. The Bertz CT molecular complexity index is 283. The summed E-state index contributed by atoms with van der Waals surface area (Å²) in [6.45, 7) is 3.42. The zero-order valence-electron chi connectivity index (χ0n) is 9.86. The zero-order chi connectivity index (χ0) is 12.3. The summed E-state index contributed by atoms with van der Waals surface area (Å²) in [5.74, 6) is -0.230. The predicted octanol–water partition coefficient (Wildman–Crippen LogP) is 0.343. The molecule has 0 aliphatic carbocycles. The number of urea groups is 1. The molecule has 6 heteroatoms. The molecule has 0 saturated carbocycles. The van der Waals surface area contributed by atoms with Crippen molar-refractivity contribution in [3.63, 3.8) is 0 Å². The number of halogens is 1. The highest BCUT2D eigenvalue weighted by Gasteiger charge is 2.33. The van der Waals surface area contributed by atoms with Crippen LogP contribution in [0.3, 0.4) is 0 Å². The second-order valence-corrected chi connectivity index (χ2v) is 4.67. The first-order valence-corrected chi connectivity index (χ1v) is 5.80. The maximum absolute atomic E-state index is 11.6. The van der Waals surface area contributed by atoms with Gasteiger partial charge in [-0.15, -0.1) is 11.6 Å². The van der Waals surface area contributed by atoms with Crippen molar-refractivity contribution < 1.29 is 9.59 Å². The molecule has 0 spiro atoms. The van der Waals surface area contributed by atoms with Crippen molar-refractivity contribution in [2.75, 3.05) is 33.1 Å². The molecule has 2 unspecified atom stereocenters. The van der Waals surface area contributed by atoms with E-state index < -0.39 is 5.91 Å². The van der Waals surface area contributed by atoms with Gasteiger partial charge < -0.3 is 9.80 Å². The minimum Gasteiger partial charge on any atom is -0.323 e. The molecule has 0 bridgehead atoms. The fourth-order valence-electron chi connectivity index (χ4n) is 2.02. The van der Waals surface area contributed by atoms with Crippen LogP contribution >= 0.6 is 11.6 Å². The van der Waals surface area contributed by atoms with E-state index >= 15 is 0 Å².